The number of hydrogen-bond donors (Lipinski definition) is 1. The molecule has 1 aromatic carbocycles. The number of aromatic nitrogens is 2. The quantitative estimate of drug-likeness (QED) is 0.669. The second-order valence-electron chi connectivity index (χ2n) is 9.06. The van der Waals surface area contributed by atoms with Crippen LogP contribution in [0.5, 0.6) is 11.5 Å². The van der Waals surface area contributed by atoms with E-state index in [1.54, 1.807) is 12.3 Å². The van der Waals surface area contributed by atoms with E-state index in [9.17, 15) is 9.59 Å². The van der Waals surface area contributed by atoms with Gasteiger partial charge in [0.05, 0.1) is 18.8 Å². The third kappa shape index (κ3) is 4.50. The zero-order chi connectivity index (χ0) is 22.1. The fourth-order valence-electron chi connectivity index (χ4n) is 4.69. The smallest absolute Gasteiger partial charge is 0.239 e. The number of anilines is 1. The van der Waals surface area contributed by atoms with Crippen molar-refractivity contribution in [1.82, 2.24) is 14.7 Å². The van der Waals surface area contributed by atoms with Gasteiger partial charge in [0.1, 0.15) is 19.0 Å². The molecule has 0 spiro atoms. The van der Waals surface area contributed by atoms with Crippen LogP contribution in [0.1, 0.15) is 49.0 Å². The Kier molecular flexibility index (Phi) is 5.87. The second-order valence-corrected chi connectivity index (χ2v) is 9.06. The van der Waals surface area contributed by atoms with Gasteiger partial charge in [-0.3, -0.25) is 14.5 Å². The number of piperidine rings is 1. The third-order valence-corrected chi connectivity index (χ3v) is 6.78. The van der Waals surface area contributed by atoms with Crippen molar-refractivity contribution in [2.75, 3.05) is 38.2 Å². The number of hydrogen-bond acceptors (Lipinski definition) is 6. The number of ether oxygens (including phenoxy) is 2. The van der Waals surface area contributed by atoms with Gasteiger partial charge in [-0.2, -0.15) is 5.10 Å². The molecule has 1 amide bonds. The first kappa shape index (κ1) is 21.0. The standard InChI is InChI=1S/C24H30N4O4/c1-16(17-2-3-17)28-22(6-9-25-28)26-23(29)15-27-10-7-18(8-11-27)24(30)19-4-5-20-21(14-19)32-13-12-31-20/h4-6,9,14,16-18H,2-3,7-8,10-13,15H2,1H3,(H,26,29). The van der Waals surface area contributed by atoms with Crippen molar-refractivity contribution >= 4 is 17.5 Å². The average molecular weight is 439 g/mol. The zero-order valence-electron chi connectivity index (χ0n) is 18.5. The Morgan fingerprint density at radius 2 is 1.84 bits per heavy atom. The van der Waals surface area contributed by atoms with Crippen LogP contribution in [0.3, 0.4) is 0 Å². The molecule has 2 aromatic rings. The maximum Gasteiger partial charge on any atom is 0.239 e. The van der Waals surface area contributed by atoms with E-state index in [-0.39, 0.29) is 17.6 Å². The van der Waals surface area contributed by atoms with Crippen LogP contribution in [0.25, 0.3) is 0 Å². The first-order valence-corrected chi connectivity index (χ1v) is 11.6. The van der Waals surface area contributed by atoms with E-state index in [2.05, 4.69) is 22.2 Å². The van der Waals surface area contributed by atoms with Crippen LogP contribution in [0.2, 0.25) is 0 Å². The fraction of sp³-hybridized carbons (Fsp3) is 0.542. The van der Waals surface area contributed by atoms with Gasteiger partial charge in [-0.05, 0) is 69.8 Å². The summed E-state index contributed by atoms with van der Waals surface area (Å²) < 4.78 is 13.1. The van der Waals surface area contributed by atoms with E-state index in [0.717, 1.165) is 31.7 Å². The van der Waals surface area contributed by atoms with Gasteiger partial charge in [0.15, 0.2) is 17.3 Å². The molecule has 3 heterocycles. The SMILES string of the molecule is CC(C1CC1)n1nccc1NC(=O)CN1CCC(C(=O)c2ccc3c(c2)OCCO3)CC1. The molecule has 170 valence electrons. The monoisotopic (exact) mass is 438 g/mol. The lowest BCUT2D eigenvalue weighted by Crippen LogP contribution is -2.41. The molecule has 32 heavy (non-hydrogen) atoms. The van der Waals surface area contributed by atoms with Crippen LogP contribution in [0, 0.1) is 11.8 Å². The van der Waals surface area contributed by atoms with E-state index in [0.29, 0.717) is 48.8 Å². The van der Waals surface area contributed by atoms with Crippen molar-refractivity contribution in [2.45, 2.75) is 38.6 Å². The highest BCUT2D eigenvalue weighted by molar-refractivity contribution is 5.98. The van der Waals surface area contributed by atoms with Crippen LogP contribution in [0.15, 0.2) is 30.5 Å². The molecule has 5 rings (SSSR count). The molecule has 2 aliphatic heterocycles. The Hall–Kier alpha value is -2.87. The molecule has 0 bridgehead atoms. The molecule has 8 heteroatoms. The van der Waals surface area contributed by atoms with Gasteiger partial charge in [0.2, 0.25) is 5.91 Å². The lowest BCUT2D eigenvalue weighted by molar-refractivity contribution is -0.117. The molecular formula is C24H30N4O4. The summed E-state index contributed by atoms with van der Waals surface area (Å²) >= 11 is 0. The molecule has 1 saturated carbocycles. The number of Topliss-reactive ketones (excluding diaryl/α,β-unsaturated/α-hetero) is 1. The number of carbonyl (C=O) groups is 2. The molecule has 1 aliphatic carbocycles. The van der Waals surface area contributed by atoms with Crippen LogP contribution < -0.4 is 14.8 Å². The number of rotatable bonds is 7. The molecule has 1 atom stereocenters. The highest BCUT2D eigenvalue weighted by Gasteiger charge is 2.31. The number of nitrogens with one attached hydrogen (secondary N) is 1. The van der Waals surface area contributed by atoms with E-state index < -0.39 is 0 Å². The minimum absolute atomic E-state index is 0.0299. The molecule has 1 aromatic heterocycles. The van der Waals surface area contributed by atoms with Crippen LogP contribution in [-0.2, 0) is 4.79 Å². The molecule has 1 N–H and O–H groups in total. The Morgan fingerprint density at radius 1 is 1.09 bits per heavy atom. The van der Waals surface area contributed by atoms with E-state index in [1.165, 1.54) is 12.8 Å². The highest BCUT2D eigenvalue weighted by atomic mass is 16.6. The number of benzene rings is 1. The van der Waals surface area contributed by atoms with Gasteiger partial charge in [-0.15, -0.1) is 0 Å². The largest absolute Gasteiger partial charge is 0.486 e. The molecule has 1 saturated heterocycles. The van der Waals surface area contributed by atoms with Crippen molar-refractivity contribution in [1.29, 1.82) is 0 Å². The number of likely N-dealkylation sites (tertiary alicyclic amines) is 1. The van der Waals surface area contributed by atoms with Crippen LogP contribution in [0.4, 0.5) is 5.82 Å². The summed E-state index contributed by atoms with van der Waals surface area (Å²) in [6.07, 6.45) is 5.69. The second kappa shape index (κ2) is 8.94. The normalized spacial score (nSPS) is 20.0. The Bertz CT molecular complexity index is 992. The van der Waals surface area contributed by atoms with Gasteiger partial charge in [-0.25, -0.2) is 4.68 Å². The van der Waals surface area contributed by atoms with Crippen LogP contribution >= 0.6 is 0 Å². The van der Waals surface area contributed by atoms with Crippen molar-refractivity contribution in [3.63, 3.8) is 0 Å². The summed E-state index contributed by atoms with van der Waals surface area (Å²) in [5.74, 6) is 2.84. The van der Waals surface area contributed by atoms with Crippen molar-refractivity contribution in [3.8, 4) is 11.5 Å². The number of amides is 1. The lowest BCUT2D eigenvalue weighted by Gasteiger charge is -2.31. The fourth-order valence-corrected chi connectivity index (χ4v) is 4.69. The first-order chi connectivity index (χ1) is 15.6. The maximum absolute atomic E-state index is 13.0. The summed E-state index contributed by atoms with van der Waals surface area (Å²) in [6, 6.07) is 7.59. The first-order valence-electron chi connectivity index (χ1n) is 11.6. The summed E-state index contributed by atoms with van der Waals surface area (Å²) in [7, 11) is 0. The molecule has 0 radical (unpaired) electrons. The molecule has 3 aliphatic rings. The average Bonchev–Trinajstić information content (AvgIpc) is 3.57. The van der Waals surface area contributed by atoms with Crippen LogP contribution in [-0.4, -0.2) is 59.2 Å². The van der Waals surface area contributed by atoms with Gasteiger partial charge >= 0.3 is 0 Å². The van der Waals surface area contributed by atoms with Gasteiger partial charge in [0.25, 0.3) is 0 Å². The summed E-state index contributed by atoms with van der Waals surface area (Å²) in [5.41, 5.74) is 0.670. The Labute approximate surface area is 187 Å². The third-order valence-electron chi connectivity index (χ3n) is 6.78. The number of fused-ring (bicyclic) bond motifs is 1. The van der Waals surface area contributed by atoms with Gasteiger partial charge in [0, 0.05) is 17.5 Å². The minimum atomic E-state index is -0.0358. The van der Waals surface area contributed by atoms with Crippen molar-refractivity contribution < 1.29 is 19.1 Å². The zero-order valence-corrected chi connectivity index (χ0v) is 18.5. The lowest BCUT2D eigenvalue weighted by atomic mass is 9.88. The van der Waals surface area contributed by atoms with E-state index >= 15 is 0 Å². The van der Waals surface area contributed by atoms with Crippen molar-refractivity contribution in [2.24, 2.45) is 11.8 Å². The number of nitrogens with zero attached hydrogens (tertiary/aromatic N) is 3. The summed E-state index contributed by atoms with van der Waals surface area (Å²) in [6.45, 7) is 4.98. The van der Waals surface area contributed by atoms with Gasteiger partial charge < -0.3 is 14.8 Å². The van der Waals surface area contributed by atoms with E-state index in [4.69, 9.17) is 9.47 Å². The number of carbonyl (C=O) groups excluding carboxylic acids is 2. The summed E-state index contributed by atoms with van der Waals surface area (Å²) in [4.78, 5) is 27.7. The van der Waals surface area contributed by atoms with E-state index in [1.807, 2.05) is 22.9 Å². The summed E-state index contributed by atoms with van der Waals surface area (Å²) in [5, 5.41) is 7.41. The number of ketones is 1. The maximum atomic E-state index is 13.0. The molecule has 1 unspecified atom stereocenters. The predicted molar refractivity (Wildman–Crippen MR) is 119 cm³/mol. The molecule has 8 nitrogen and oxygen atoms in total. The van der Waals surface area contributed by atoms with Crippen molar-refractivity contribution in [3.05, 3.63) is 36.0 Å². The highest BCUT2D eigenvalue weighted by Crippen LogP contribution is 2.40. The topological polar surface area (TPSA) is 85.7 Å². The Morgan fingerprint density at radius 3 is 2.59 bits per heavy atom. The predicted octanol–water partition coefficient (Wildman–Crippen LogP) is 3.16. The Balaban J connectivity index is 1.12. The molecular weight excluding hydrogens is 408 g/mol. The molecule has 2 fully saturated rings. The minimum Gasteiger partial charge on any atom is -0.486 e. The van der Waals surface area contributed by atoms with Gasteiger partial charge in [-0.1, -0.05) is 0 Å².